The second-order valence-corrected chi connectivity index (χ2v) is 1.60. The Morgan fingerprint density at radius 3 is 3.00 bits per heavy atom. The summed E-state index contributed by atoms with van der Waals surface area (Å²) in [5.41, 5.74) is 0. The van der Waals surface area contributed by atoms with E-state index in [2.05, 4.69) is 5.92 Å². The van der Waals surface area contributed by atoms with Gasteiger partial charge in [-0.3, -0.25) is 0 Å². The highest BCUT2D eigenvalue weighted by Gasteiger charge is 1.78. The molecule has 0 atom stereocenters. The fourth-order valence-corrected chi connectivity index (χ4v) is 0.379. The molecule has 0 amide bonds. The van der Waals surface area contributed by atoms with E-state index in [-0.39, 0.29) is 0 Å². The molecule has 0 aromatic carbocycles. The maximum absolute atomic E-state index is 5.09. The first-order valence-electron chi connectivity index (χ1n) is 3.04. The standard InChI is InChI=1S/C8H12O/c1-3-5-7-9-8-6-4-2/h1,4,6H,5,7-8H2,2H3/b6-4+. The van der Waals surface area contributed by atoms with Gasteiger partial charge >= 0.3 is 0 Å². The highest BCUT2D eigenvalue weighted by molar-refractivity contribution is 4.83. The van der Waals surface area contributed by atoms with Crippen molar-refractivity contribution in [3.8, 4) is 12.3 Å². The van der Waals surface area contributed by atoms with E-state index in [1.165, 1.54) is 0 Å². The lowest BCUT2D eigenvalue weighted by atomic mass is 10.5. The van der Waals surface area contributed by atoms with Crippen molar-refractivity contribution in [2.75, 3.05) is 13.2 Å². The molecule has 0 heterocycles. The first kappa shape index (κ1) is 8.26. The Labute approximate surface area is 56.7 Å². The molecule has 0 saturated heterocycles. The van der Waals surface area contributed by atoms with Gasteiger partial charge in [0.25, 0.3) is 0 Å². The Morgan fingerprint density at radius 2 is 2.44 bits per heavy atom. The lowest BCUT2D eigenvalue weighted by molar-refractivity contribution is 0.169. The van der Waals surface area contributed by atoms with E-state index in [1.807, 2.05) is 19.1 Å². The first-order valence-corrected chi connectivity index (χ1v) is 3.04. The predicted molar refractivity (Wildman–Crippen MR) is 39.1 cm³/mol. The molecule has 0 rings (SSSR count). The molecule has 9 heavy (non-hydrogen) atoms. The summed E-state index contributed by atoms with van der Waals surface area (Å²) < 4.78 is 5.09. The second kappa shape index (κ2) is 7.26. The average molecular weight is 124 g/mol. The van der Waals surface area contributed by atoms with Crippen LogP contribution in [0.3, 0.4) is 0 Å². The van der Waals surface area contributed by atoms with Crippen LogP contribution < -0.4 is 0 Å². The van der Waals surface area contributed by atoms with Gasteiger partial charge in [0.2, 0.25) is 0 Å². The van der Waals surface area contributed by atoms with E-state index in [4.69, 9.17) is 11.2 Å². The van der Waals surface area contributed by atoms with Gasteiger partial charge in [0, 0.05) is 6.42 Å². The quantitative estimate of drug-likeness (QED) is 0.314. The summed E-state index contributed by atoms with van der Waals surface area (Å²) in [4.78, 5) is 0. The summed E-state index contributed by atoms with van der Waals surface area (Å²) in [6.45, 7) is 3.31. The molecule has 0 radical (unpaired) electrons. The lowest BCUT2D eigenvalue weighted by Gasteiger charge is -1.93. The van der Waals surface area contributed by atoms with Crippen LogP contribution in [0.1, 0.15) is 13.3 Å². The minimum absolute atomic E-state index is 0.668. The van der Waals surface area contributed by atoms with Crippen molar-refractivity contribution in [2.45, 2.75) is 13.3 Å². The zero-order chi connectivity index (χ0) is 6.95. The van der Waals surface area contributed by atoms with Gasteiger partial charge in [-0.1, -0.05) is 12.2 Å². The van der Waals surface area contributed by atoms with Crippen molar-refractivity contribution in [1.82, 2.24) is 0 Å². The van der Waals surface area contributed by atoms with Gasteiger partial charge in [-0.15, -0.1) is 12.3 Å². The number of hydrogen-bond acceptors (Lipinski definition) is 1. The number of terminal acetylenes is 1. The van der Waals surface area contributed by atoms with Crippen LogP contribution in [-0.4, -0.2) is 13.2 Å². The molecule has 0 aromatic heterocycles. The predicted octanol–water partition coefficient (Wildman–Crippen LogP) is 1.60. The van der Waals surface area contributed by atoms with Crippen molar-refractivity contribution < 1.29 is 4.74 Å². The molecule has 50 valence electrons. The van der Waals surface area contributed by atoms with Gasteiger partial charge in [-0.25, -0.2) is 0 Å². The highest BCUT2D eigenvalue weighted by Crippen LogP contribution is 1.80. The fraction of sp³-hybridized carbons (Fsp3) is 0.500. The van der Waals surface area contributed by atoms with E-state index in [1.54, 1.807) is 0 Å². The van der Waals surface area contributed by atoms with Gasteiger partial charge < -0.3 is 4.74 Å². The van der Waals surface area contributed by atoms with E-state index in [0.717, 1.165) is 0 Å². The van der Waals surface area contributed by atoms with Crippen LogP contribution in [0.2, 0.25) is 0 Å². The number of ether oxygens (including phenoxy) is 1. The van der Waals surface area contributed by atoms with Crippen LogP contribution in [0, 0.1) is 12.3 Å². The summed E-state index contributed by atoms with van der Waals surface area (Å²) in [5.74, 6) is 2.50. The third-order valence-electron chi connectivity index (χ3n) is 0.841. The minimum atomic E-state index is 0.668. The Bertz CT molecular complexity index is 108. The minimum Gasteiger partial charge on any atom is -0.376 e. The Balaban J connectivity index is 2.85. The molecule has 0 aromatic rings. The van der Waals surface area contributed by atoms with Gasteiger partial charge in [0.15, 0.2) is 0 Å². The van der Waals surface area contributed by atoms with E-state index >= 15 is 0 Å². The van der Waals surface area contributed by atoms with Crippen LogP contribution in [0.4, 0.5) is 0 Å². The maximum Gasteiger partial charge on any atom is 0.0647 e. The normalized spacial score (nSPS) is 9.78. The molecule has 0 fully saturated rings. The van der Waals surface area contributed by atoms with Crippen molar-refractivity contribution in [2.24, 2.45) is 0 Å². The van der Waals surface area contributed by atoms with Crippen molar-refractivity contribution in [3.05, 3.63) is 12.2 Å². The van der Waals surface area contributed by atoms with Crippen LogP contribution >= 0.6 is 0 Å². The summed E-state index contributed by atoms with van der Waals surface area (Å²) in [7, 11) is 0. The summed E-state index contributed by atoms with van der Waals surface area (Å²) in [6, 6.07) is 0. The second-order valence-electron chi connectivity index (χ2n) is 1.60. The van der Waals surface area contributed by atoms with E-state index in [0.29, 0.717) is 19.6 Å². The smallest absolute Gasteiger partial charge is 0.0647 e. The summed E-state index contributed by atoms with van der Waals surface area (Å²) >= 11 is 0. The zero-order valence-corrected chi connectivity index (χ0v) is 5.76. The number of hydrogen-bond donors (Lipinski definition) is 0. The molecular weight excluding hydrogens is 112 g/mol. The van der Waals surface area contributed by atoms with Crippen LogP contribution in [0.5, 0.6) is 0 Å². The van der Waals surface area contributed by atoms with Crippen LogP contribution in [0.25, 0.3) is 0 Å². The molecule has 0 N–H and O–H groups in total. The third-order valence-corrected chi connectivity index (χ3v) is 0.841. The number of allylic oxidation sites excluding steroid dienone is 1. The molecular formula is C8H12O. The van der Waals surface area contributed by atoms with Gasteiger partial charge in [0.1, 0.15) is 0 Å². The Morgan fingerprint density at radius 1 is 1.67 bits per heavy atom. The molecule has 0 bridgehead atoms. The average Bonchev–Trinajstić information content (AvgIpc) is 1.89. The molecule has 0 aliphatic rings. The zero-order valence-electron chi connectivity index (χ0n) is 5.76. The lowest BCUT2D eigenvalue weighted by Crippen LogP contribution is -1.91. The molecule has 0 aliphatic heterocycles. The van der Waals surface area contributed by atoms with Crippen LogP contribution in [-0.2, 0) is 4.74 Å². The molecule has 0 saturated carbocycles. The monoisotopic (exact) mass is 124 g/mol. The summed E-state index contributed by atoms with van der Waals surface area (Å²) in [6.07, 6.45) is 9.61. The van der Waals surface area contributed by atoms with Crippen molar-refractivity contribution in [3.63, 3.8) is 0 Å². The molecule has 0 unspecified atom stereocenters. The molecule has 1 nitrogen and oxygen atoms in total. The Kier molecular flexibility index (Phi) is 6.66. The fourth-order valence-electron chi connectivity index (χ4n) is 0.379. The highest BCUT2D eigenvalue weighted by atomic mass is 16.5. The van der Waals surface area contributed by atoms with Gasteiger partial charge in [-0.05, 0) is 6.92 Å². The number of rotatable bonds is 4. The van der Waals surface area contributed by atoms with Gasteiger partial charge in [-0.2, -0.15) is 0 Å². The largest absolute Gasteiger partial charge is 0.376 e. The topological polar surface area (TPSA) is 9.23 Å². The Hall–Kier alpha value is -0.740. The van der Waals surface area contributed by atoms with Crippen molar-refractivity contribution in [1.29, 1.82) is 0 Å². The third kappa shape index (κ3) is 7.26. The summed E-state index contributed by atoms with van der Waals surface area (Å²) in [5, 5.41) is 0. The van der Waals surface area contributed by atoms with Crippen molar-refractivity contribution >= 4 is 0 Å². The molecule has 1 heteroatoms. The first-order chi connectivity index (χ1) is 4.41. The van der Waals surface area contributed by atoms with Crippen LogP contribution in [0.15, 0.2) is 12.2 Å². The maximum atomic E-state index is 5.09. The SMILES string of the molecule is C#CCCOC/C=C/C. The molecule has 0 spiro atoms. The van der Waals surface area contributed by atoms with E-state index < -0.39 is 0 Å². The van der Waals surface area contributed by atoms with E-state index in [9.17, 15) is 0 Å². The van der Waals surface area contributed by atoms with Gasteiger partial charge in [0.05, 0.1) is 13.2 Å². The molecule has 0 aliphatic carbocycles.